The van der Waals surface area contributed by atoms with Gasteiger partial charge in [0.05, 0.1) is 20.3 Å². The Balaban J connectivity index is 0.000000247. The molecule has 2 aliphatic carbocycles. The topological polar surface area (TPSA) is 181 Å². The molecule has 0 heterocycles. The molecule has 0 amide bonds. The van der Waals surface area contributed by atoms with Crippen LogP contribution in [-0.2, 0) is 28.6 Å². The summed E-state index contributed by atoms with van der Waals surface area (Å²) in [6.45, 7) is 0. The van der Waals surface area contributed by atoms with Crippen LogP contribution in [0.3, 0.4) is 0 Å². The number of ketones is 2. The first kappa shape index (κ1) is 28.4. The highest BCUT2D eigenvalue weighted by Gasteiger charge is 2.35. The molecule has 0 aliphatic heterocycles. The van der Waals surface area contributed by atoms with E-state index in [1.807, 2.05) is 0 Å². The van der Waals surface area contributed by atoms with Gasteiger partial charge in [-0.15, -0.1) is 0 Å². The number of allylic oxidation sites excluding steroid dienone is 2. The van der Waals surface area contributed by atoms with E-state index in [9.17, 15) is 26.4 Å². The Hall–Kier alpha value is -3.87. The minimum absolute atomic E-state index is 0. The van der Waals surface area contributed by atoms with Gasteiger partial charge >= 0.3 is 5.71 Å². The first-order chi connectivity index (χ1) is 16.5. The van der Waals surface area contributed by atoms with Crippen LogP contribution in [0.5, 0.6) is 0 Å². The van der Waals surface area contributed by atoms with Gasteiger partial charge in [0.25, 0.3) is 26.0 Å². The molecule has 4 rings (SSSR count). The summed E-state index contributed by atoms with van der Waals surface area (Å²) in [7, 11) is -5.85. The van der Waals surface area contributed by atoms with E-state index in [4.69, 9.17) is 10.9 Å². The van der Waals surface area contributed by atoms with E-state index in [-0.39, 0.29) is 50.9 Å². The summed E-state index contributed by atoms with van der Waals surface area (Å²) in [4.78, 5) is 26.0. The van der Waals surface area contributed by atoms with E-state index in [2.05, 4.69) is 13.2 Å². The van der Waals surface area contributed by atoms with Gasteiger partial charge in [-0.3, -0.25) is 23.4 Å². The molecule has 0 atom stereocenters. The van der Waals surface area contributed by atoms with Gasteiger partial charge in [-0.1, -0.05) is 56.0 Å². The highest BCUT2D eigenvalue weighted by atomic mass is 32.2. The van der Waals surface area contributed by atoms with Crippen molar-refractivity contribution in [2.45, 2.75) is 7.43 Å². The van der Waals surface area contributed by atoms with Gasteiger partial charge in [0, 0.05) is 22.3 Å². The molecule has 0 saturated heterocycles. The van der Waals surface area contributed by atoms with Crippen LogP contribution in [0, 0.1) is 5.41 Å². The van der Waals surface area contributed by atoms with E-state index in [1.165, 1.54) is 24.3 Å². The molecule has 0 saturated carbocycles. The normalized spacial score (nSPS) is 14.7. The predicted molar refractivity (Wildman–Crippen MR) is 132 cm³/mol. The summed E-state index contributed by atoms with van der Waals surface area (Å²) >= 11 is 0. The third-order valence-electron chi connectivity index (χ3n) is 4.98. The first-order valence-electron chi connectivity index (χ1n) is 9.62. The molecular weight excluding hydrogens is 510 g/mol. The number of Topliss-reactive ketones (excluding diaryl/α,β-unsaturated/α-hetero) is 2. The van der Waals surface area contributed by atoms with Crippen molar-refractivity contribution in [2.24, 2.45) is 0 Å². The van der Waals surface area contributed by atoms with Crippen molar-refractivity contribution >= 4 is 53.0 Å². The van der Waals surface area contributed by atoms with E-state index in [0.29, 0.717) is 0 Å². The largest absolute Gasteiger partial charge is 0.364 e. The summed E-state index contributed by atoms with van der Waals surface area (Å²) in [5.74, 6) is -1.03. The van der Waals surface area contributed by atoms with Crippen LogP contribution in [0.15, 0.2) is 60.7 Å². The Bertz CT molecular complexity index is 1600. The Morgan fingerprint density at radius 2 is 1.11 bits per heavy atom. The first-order valence-corrected chi connectivity index (χ1v) is 12.4. The monoisotopic (exact) mass is 531 g/mol. The van der Waals surface area contributed by atoms with Gasteiger partial charge in [-0.25, -0.2) is 0 Å². The van der Waals surface area contributed by atoms with E-state index in [0.717, 1.165) is 26.4 Å². The average Bonchev–Trinajstić information content (AvgIpc) is 2.86. The smallest absolute Gasteiger partial charge is 0.361 e. The van der Waals surface area contributed by atoms with Crippen molar-refractivity contribution in [1.82, 2.24) is 0 Å². The Labute approximate surface area is 208 Å². The van der Waals surface area contributed by atoms with Crippen molar-refractivity contribution in [1.29, 1.82) is 5.41 Å². The molecule has 13 heteroatoms. The van der Waals surface area contributed by atoms with Gasteiger partial charge in [-0.2, -0.15) is 21.6 Å². The number of nitrogens with one attached hydrogen (secondary N) is 1. The van der Waals surface area contributed by atoms with Crippen LogP contribution >= 0.6 is 0 Å². The van der Waals surface area contributed by atoms with Crippen LogP contribution in [0.25, 0.3) is 15.3 Å². The maximum atomic E-state index is 11.8. The second kappa shape index (κ2) is 10.8. The maximum Gasteiger partial charge on any atom is 0.364 e. The summed E-state index contributed by atoms with van der Waals surface area (Å²) < 4.78 is 55.7. The zero-order chi connectivity index (χ0) is 26.0. The molecule has 0 aromatic heterocycles. The molecule has 188 valence electrons. The summed E-state index contributed by atoms with van der Waals surface area (Å²) in [5.41, 5.74) is 8.89. The van der Waals surface area contributed by atoms with Crippen molar-refractivity contribution in [3.8, 4) is 0 Å². The second-order valence-electron chi connectivity index (χ2n) is 6.91. The van der Waals surface area contributed by atoms with Gasteiger partial charge in [0.15, 0.2) is 0 Å². The molecule has 0 spiro atoms. The molecule has 0 bridgehead atoms. The van der Waals surface area contributed by atoms with Crippen molar-refractivity contribution in [3.05, 3.63) is 88.5 Å². The van der Waals surface area contributed by atoms with Crippen LogP contribution in [0.2, 0.25) is 0 Å². The SMILES string of the molecule is C.COS(=O)(=O)C1=CC(=N)C(=O)c2ccccc21.COS(=O)(=O)C1=CC(=[N+]=[N-])C(=O)c2ccccc21. The summed E-state index contributed by atoms with van der Waals surface area (Å²) in [6.07, 6.45) is 2.01. The standard InChI is InChI=1S/C11H8N2O4S.C11H9NO4S.CH4/c1-17-18(15,16)10-6-9(13-12)11(14)8-5-3-2-4-7(8)10;1-16-17(14,15)10-6-9(12)11(13)8-5-3-2-4-7(8)10;/h2-6H,1H3;2-6,12H,1H3;1H4. The second-order valence-corrected chi connectivity index (χ2v) is 10.3. The zero-order valence-corrected chi connectivity index (χ0v) is 19.9. The van der Waals surface area contributed by atoms with E-state index >= 15 is 0 Å². The molecule has 36 heavy (non-hydrogen) atoms. The van der Waals surface area contributed by atoms with Crippen LogP contribution in [0.1, 0.15) is 39.3 Å². The molecular formula is C23H21N3O8S2. The quantitative estimate of drug-likeness (QED) is 0.355. The number of carbonyl (C=O) groups excluding carboxylic acids is 2. The number of carbonyl (C=O) groups is 2. The maximum absolute atomic E-state index is 11.8. The molecule has 1 N–H and O–H groups in total. The van der Waals surface area contributed by atoms with Gasteiger partial charge in [0.1, 0.15) is 15.5 Å². The molecule has 2 aliphatic rings. The van der Waals surface area contributed by atoms with Crippen LogP contribution in [0.4, 0.5) is 0 Å². The molecule has 11 nitrogen and oxygen atoms in total. The number of rotatable bonds is 4. The Kier molecular flexibility index (Phi) is 8.52. The molecule has 0 radical (unpaired) electrons. The van der Waals surface area contributed by atoms with Crippen molar-refractivity contribution in [2.75, 3.05) is 14.2 Å². The lowest BCUT2D eigenvalue weighted by Gasteiger charge is -2.16. The van der Waals surface area contributed by atoms with Crippen molar-refractivity contribution < 1.29 is 39.6 Å². The van der Waals surface area contributed by atoms with Crippen LogP contribution in [-0.4, -0.2) is 58.8 Å². The summed E-state index contributed by atoms with van der Waals surface area (Å²) in [6, 6.07) is 12.4. The Morgan fingerprint density at radius 3 is 1.53 bits per heavy atom. The van der Waals surface area contributed by atoms with Gasteiger partial charge in [-0.05, 0) is 6.08 Å². The zero-order valence-electron chi connectivity index (χ0n) is 18.3. The fourth-order valence-corrected chi connectivity index (χ4v) is 5.06. The van der Waals surface area contributed by atoms with E-state index < -0.39 is 31.8 Å². The van der Waals surface area contributed by atoms with Gasteiger partial charge < -0.3 is 5.53 Å². The number of benzene rings is 2. The minimum atomic E-state index is -3.98. The van der Waals surface area contributed by atoms with Gasteiger partial charge in [0.2, 0.25) is 5.78 Å². The fraction of sp³-hybridized carbons (Fsp3) is 0.130. The highest BCUT2D eigenvalue weighted by Crippen LogP contribution is 2.30. The third-order valence-corrected chi connectivity index (χ3v) is 7.61. The Morgan fingerprint density at radius 1 is 0.722 bits per heavy atom. The third kappa shape index (κ3) is 5.20. The van der Waals surface area contributed by atoms with Crippen LogP contribution < -0.4 is 0 Å². The molecule has 0 fully saturated rings. The number of hydrogen-bond acceptors (Lipinski definition) is 9. The highest BCUT2D eigenvalue weighted by molar-refractivity contribution is 7.96. The fourth-order valence-electron chi connectivity index (χ4n) is 3.28. The number of fused-ring (bicyclic) bond motifs is 2. The lowest BCUT2D eigenvalue weighted by molar-refractivity contribution is -0.00438. The average molecular weight is 532 g/mol. The van der Waals surface area contributed by atoms with E-state index in [1.54, 1.807) is 24.3 Å². The minimum Gasteiger partial charge on any atom is -0.361 e. The predicted octanol–water partition coefficient (Wildman–Crippen LogP) is 2.73. The molecule has 0 unspecified atom stereocenters. The molecule has 2 aromatic rings. The van der Waals surface area contributed by atoms with Crippen molar-refractivity contribution in [3.63, 3.8) is 0 Å². The molecule has 2 aromatic carbocycles. The lowest BCUT2D eigenvalue weighted by Crippen LogP contribution is -2.22. The lowest BCUT2D eigenvalue weighted by atomic mass is 9.95. The number of hydrogen-bond donors (Lipinski definition) is 1. The number of nitrogens with zero attached hydrogens (tertiary/aromatic N) is 2. The summed E-state index contributed by atoms with van der Waals surface area (Å²) in [5, 5.41) is 7.47.